The summed E-state index contributed by atoms with van der Waals surface area (Å²) in [5.74, 6) is 0.859. The number of pyridine rings is 1. The molecule has 2 rings (SSSR count). The first-order valence-corrected chi connectivity index (χ1v) is 7.91. The van der Waals surface area contributed by atoms with Crippen LogP contribution in [0, 0.1) is 0 Å². The molecule has 0 aliphatic carbocycles. The number of nitrogens with one attached hydrogen (secondary N) is 1. The summed E-state index contributed by atoms with van der Waals surface area (Å²) >= 11 is 3.55. The Bertz CT molecular complexity index is 601. The van der Waals surface area contributed by atoms with E-state index < -0.39 is 0 Å². The number of aromatic nitrogens is 1. The van der Waals surface area contributed by atoms with Crippen molar-refractivity contribution in [1.82, 2.24) is 10.3 Å². The van der Waals surface area contributed by atoms with E-state index in [0.717, 1.165) is 23.1 Å². The van der Waals surface area contributed by atoms with E-state index in [0.29, 0.717) is 0 Å². The first kappa shape index (κ1) is 16.0. The topological polar surface area (TPSA) is 34.1 Å². The zero-order valence-corrected chi connectivity index (χ0v) is 14.3. The lowest BCUT2D eigenvalue weighted by atomic mass is 9.95. The van der Waals surface area contributed by atoms with Crippen LogP contribution < -0.4 is 10.1 Å². The third kappa shape index (κ3) is 3.83. The van der Waals surface area contributed by atoms with Gasteiger partial charge in [0, 0.05) is 18.4 Å². The van der Waals surface area contributed by atoms with Gasteiger partial charge in [-0.05, 0) is 70.7 Å². The molecule has 0 saturated carbocycles. The van der Waals surface area contributed by atoms with Gasteiger partial charge in [0.05, 0.1) is 11.6 Å². The second-order valence-electron chi connectivity index (χ2n) is 4.94. The zero-order chi connectivity index (χ0) is 15.2. The van der Waals surface area contributed by atoms with Gasteiger partial charge >= 0.3 is 0 Å². The van der Waals surface area contributed by atoms with E-state index in [2.05, 4.69) is 51.4 Å². The van der Waals surface area contributed by atoms with Crippen LogP contribution >= 0.6 is 15.9 Å². The minimum absolute atomic E-state index is 0.281. The first-order chi connectivity index (χ1) is 10.2. The van der Waals surface area contributed by atoms with Crippen molar-refractivity contribution in [2.75, 3.05) is 14.2 Å². The molecule has 2 aromatic rings. The molecule has 1 atom stereocenters. The van der Waals surface area contributed by atoms with Crippen LogP contribution in [0.3, 0.4) is 0 Å². The van der Waals surface area contributed by atoms with Gasteiger partial charge in [0.2, 0.25) is 0 Å². The van der Waals surface area contributed by atoms with E-state index in [1.54, 1.807) is 7.11 Å². The van der Waals surface area contributed by atoms with E-state index in [9.17, 15) is 0 Å². The van der Waals surface area contributed by atoms with Crippen LogP contribution in [0.2, 0.25) is 0 Å². The molecular formula is C17H21BrN2O. The minimum atomic E-state index is 0.281. The molecule has 0 spiro atoms. The quantitative estimate of drug-likeness (QED) is 0.858. The van der Waals surface area contributed by atoms with Crippen LogP contribution in [0.25, 0.3) is 0 Å². The Hall–Kier alpha value is -1.39. The normalized spacial score (nSPS) is 12.2. The van der Waals surface area contributed by atoms with Gasteiger partial charge in [0.1, 0.15) is 5.75 Å². The number of benzene rings is 1. The third-order valence-electron chi connectivity index (χ3n) is 3.70. The first-order valence-electron chi connectivity index (χ1n) is 7.12. The summed E-state index contributed by atoms with van der Waals surface area (Å²) in [6, 6.07) is 8.62. The predicted octanol–water partition coefficient (Wildman–Crippen LogP) is 3.92. The number of halogens is 1. The van der Waals surface area contributed by atoms with Crippen molar-refractivity contribution < 1.29 is 4.74 Å². The summed E-state index contributed by atoms with van der Waals surface area (Å²) in [6.07, 6.45) is 5.75. The van der Waals surface area contributed by atoms with Crippen molar-refractivity contribution in [1.29, 1.82) is 0 Å². The Labute approximate surface area is 134 Å². The fourth-order valence-electron chi connectivity index (χ4n) is 2.51. The summed E-state index contributed by atoms with van der Waals surface area (Å²) in [5.41, 5.74) is 3.88. The van der Waals surface area contributed by atoms with Crippen LogP contribution in [0.5, 0.6) is 5.75 Å². The van der Waals surface area contributed by atoms with Crippen molar-refractivity contribution in [3.8, 4) is 5.75 Å². The summed E-state index contributed by atoms with van der Waals surface area (Å²) in [6.45, 7) is 2.16. The Morgan fingerprint density at radius 1 is 1.33 bits per heavy atom. The molecule has 1 N–H and O–H groups in total. The molecule has 0 radical (unpaired) electrons. The Morgan fingerprint density at radius 2 is 2.14 bits per heavy atom. The van der Waals surface area contributed by atoms with Crippen LogP contribution in [-0.2, 0) is 12.8 Å². The molecule has 0 fully saturated rings. The maximum Gasteiger partial charge on any atom is 0.133 e. The van der Waals surface area contributed by atoms with E-state index >= 15 is 0 Å². The Kier molecular flexibility index (Phi) is 5.76. The van der Waals surface area contributed by atoms with Gasteiger partial charge < -0.3 is 10.1 Å². The highest BCUT2D eigenvalue weighted by Gasteiger charge is 2.14. The van der Waals surface area contributed by atoms with Crippen molar-refractivity contribution in [3.63, 3.8) is 0 Å². The van der Waals surface area contributed by atoms with Gasteiger partial charge in [0.25, 0.3) is 0 Å². The largest absolute Gasteiger partial charge is 0.496 e. The number of rotatable bonds is 6. The smallest absolute Gasteiger partial charge is 0.133 e. The predicted molar refractivity (Wildman–Crippen MR) is 89.8 cm³/mol. The molecule has 0 aliphatic heterocycles. The Balaban J connectivity index is 2.25. The van der Waals surface area contributed by atoms with E-state index in [-0.39, 0.29) is 6.04 Å². The molecule has 0 amide bonds. The van der Waals surface area contributed by atoms with Crippen molar-refractivity contribution >= 4 is 15.9 Å². The summed E-state index contributed by atoms with van der Waals surface area (Å²) in [4.78, 5) is 4.22. The molecule has 0 bridgehead atoms. The summed E-state index contributed by atoms with van der Waals surface area (Å²) in [7, 11) is 3.68. The van der Waals surface area contributed by atoms with E-state index in [1.165, 1.54) is 16.7 Å². The Morgan fingerprint density at radius 3 is 2.76 bits per heavy atom. The van der Waals surface area contributed by atoms with Gasteiger partial charge in [-0.1, -0.05) is 13.0 Å². The lowest BCUT2D eigenvalue weighted by Gasteiger charge is -2.20. The molecule has 0 saturated heterocycles. The van der Waals surface area contributed by atoms with Gasteiger partial charge in [-0.25, -0.2) is 0 Å². The second-order valence-corrected chi connectivity index (χ2v) is 5.80. The van der Waals surface area contributed by atoms with Crippen LogP contribution in [0.4, 0.5) is 0 Å². The molecule has 1 heterocycles. The SMILES string of the molecule is CCc1cnccc1C(Cc1ccc(OC)c(Br)c1)NC. The molecular weight excluding hydrogens is 328 g/mol. The summed E-state index contributed by atoms with van der Waals surface area (Å²) in [5, 5.41) is 3.42. The number of likely N-dealkylation sites (N-methyl/N-ethyl adjacent to an activating group) is 1. The van der Waals surface area contributed by atoms with Gasteiger partial charge in [-0.2, -0.15) is 0 Å². The third-order valence-corrected chi connectivity index (χ3v) is 4.32. The number of ether oxygens (including phenoxy) is 1. The standard InChI is InChI=1S/C17H21BrN2O/c1-4-13-11-20-8-7-14(13)16(19-2)10-12-5-6-17(21-3)15(18)9-12/h5-9,11,16,19H,4,10H2,1-3H3. The second kappa shape index (κ2) is 7.57. The highest BCUT2D eigenvalue weighted by atomic mass is 79.9. The monoisotopic (exact) mass is 348 g/mol. The van der Waals surface area contributed by atoms with Crippen LogP contribution in [0.15, 0.2) is 41.1 Å². The average molecular weight is 349 g/mol. The van der Waals surface area contributed by atoms with Crippen molar-refractivity contribution in [2.45, 2.75) is 25.8 Å². The van der Waals surface area contributed by atoms with E-state index in [1.807, 2.05) is 25.5 Å². The van der Waals surface area contributed by atoms with Crippen molar-refractivity contribution in [3.05, 3.63) is 57.8 Å². The number of nitrogens with zero attached hydrogens (tertiary/aromatic N) is 1. The molecule has 1 aromatic heterocycles. The maximum absolute atomic E-state index is 5.28. The van der Waals surface area contributed by atoms with Crippen molar-refractivity contribution in [2.24, 2.45) is 0 Å². The molecule has 112 valence electrons. The molecule has 21 heavy (non-hydrogen) atoms. The number of hydrogen-bond donors (Lipinski definition) is 1. The molecule has 1 aromatic carbocycles. The van der Waals surface area contributed by atoms with E-state index in [4.69, 9.17) is 4.74 Å². The fraction of sp³-hybridized carbons (Fsp3) is 0.353. The fourth-order valence-corrected chi connectivity index (χ4v) is 3.10. The molecule has 0 aliphatic rings. The maximum atomic E-state index is 5.28. The number of methoxy groups -OCH3 is 1. The highest BCUT2D eigenvalue weighted by molar-refractivity contribution is 9.10. The van der Waals surface area contributed by atoms with Gasteiger partial charge in [-0.15, -0.1) is 0 Å². The van der Waals surface area contributed by atoms with Crippen LogP contribution in [-0.4, -0.2) is 19.1 Å². The van der Waals surface area contributed by atoms with Gasteiger partial charge in [0.15, 0.2) is 0 Å². The summed E-state index contributed by atoms with van der Waals surface area (Å²) < 4.78 is 6.27. The number of aryl methyl sites for hydroxylation is 1. The number of hydrogen-bond acceptors (Lipinski definition) is 3. The average Bonchev–Trinajstić information content (AvgIpc) is 2.52. The molecule has 1 unspecified atom stereocenters. The highest BCUT2D eigenvalue weighted by Crippen LogP contribution is 2.28. The van der Waals surface area contributed by atoms with Crippen LogP contribution in [0.1, 0.15) is 29.7 Å². The minimum Gasteiger partial charge on any atom is -0.496 e. The van der Waals surface area contributed by atoms with Gasteiger partial charge in [-0.3, -0.25) is 4.98 Å². The zero-order valence-electron chi connectivity index (χ0n) is 12.7. The molecule has 4 heteroatoms. The molecule has 3 nitrogen and oxygen atoms in total. The lowest BCUT2D eigenvalue weighted by molar-refractivity contribution is 0.412. The lowest BCUT2D eigenvalue weighted by Crippen LogP contribution is -2.20.